The lowest BCUT2D eigenvalue weighted by molar-refractivity contribution is -0.141. The Labute approximate surface area is 230 Å². The fourth-order valence-corrected chi connectivity index (χ4v) is 7.87. The number of likely N-dealkylation sites (tertiary alicyclic amines) is 1. The first-order valence-corrected chi connectivity index (χ1v) is 14.6. The number of carbonyl (C=O) groups excluding carboxylic acids is 2. The zero-order chi connectivity index (χ0) is 28.2. The summed E-state index contributed by atoms with van der Waals surface area (Å²) in [4.78, 5) is 31.6. The minimum Gasteiger partial charge on any atom is -0.338 e. The van der Waals surface area contributed by atoms with Gasteiger partial charge in [0.25, 0.3) is 5.92 Å². The van der Waals surface area contributed by atoms with Crippen molar-refractivity contribution in [3.8, 4) is 17.2 Å². The molecule has 8 nitrogen and oxygen atoms in total. The van der Waals surface area contributed by atoms with Crippen molar-refractivity contribution < 1.29 is 26.8 Å². The number of halogens is 3. The molecular formula is C27H27ClF2N4O4S. The quantitative estimate of drug-likeness (QED) is 0.556. The third-order valence-corrected chi connectivity index (χ3v) is 10.5. The van der Waals surface area contributed by atoms with E-state index in [0.717, 1.165) is 16.2 Å². The number of amides is 2. The topological polar surface area (TPSA) is 120 Å². The number of nitrogens with one attached hydrogen (secondary N) is 1. The number of benzene rings is 1. The van der Waals surface area contributed by atoms with Crippen molar-refractivity contribution in [2.24, 2.45) is 11.8 Å². The Morgan fingerprint density at radius 3 is 2.41 bits per heavy atom. The van der Waals surface area contributed by atoms with Crippen LogP contribution in [0.2, 0.25) is 5.02 Å². The van der Waals surface area contributed by atoms with Crippen molar-refractivity contribution in [2.45, 2.75) is 60.6 Å². The molecule has 0 radical (unpaired) electrons. The maximum atomic E-state index is 13.9. The molecule has 39 heavy (non-hydrogen) atoms. The zero-order valence-electron chi connectivity index (χ0n) is 21.2. The number of hydrogen-bond acceptors (Lipinski definition) is 6. The lowest BCUT2D eigenvalue weighted by Gasteiger charge is -2.24. The van der Waals surface area contributed by atoms with Crippen LogP contribution in [0.1, 0.15) is 37.8 Å². The SMILES string of the molecule is Cc1cc(-c2ccc(S(=O)(=O)[C@@H]3C[C@@H](C(=O)NC4(C#N)CC4)[C@H](C(=O)N4CCC(F)(F)C4)C3)c(Cl)c2)ccn1. The number of alkyl halides is 2. The fourth-order valence-electron chi connectivity index (χ4n) is 5.50. The van der Waals surface area contributed by atoms with Crippen LogP contribution in [-0.4, -0.2) is 59.9 Å². The lowest BCUT2D eigenvalue weighted by atomic mass is 9.93. The summed E-state index contributed by atoms with van der Waals surface area (Å²) in [7, 11) is -4.10. The standard InChI is InChI=1S/C27H27ClF2N4O4S/c1-16-10-18(4-8-32-16)17-2-3-23(22(28)11-17)39(37,38)19-12-20(24(35)33-26(14-31)5-6-26)21(13-19)25(36)34-9-7-27(29,30)15-34/h2-4,8,10-11,19-21H,5-7,9,12-13,15H2,1H3,(H,33,35)/t19-,20-,21-/m1/s1. The molecule has 2 saturated carbocycles. The van der Waals surface area contributed by atoms with Gasteiger partial charge < -0.3 is 10.2 Å². The second kappa shape index (κ2) is 9.82. The Kier molecular flexibility index (Phi) is 6.92. The summed E-state index contributed by atoms with van der Waals surface area (Å²) in [6, 6.07) is 10.2. The molecule has 1 aliphatic heterocycles. The van der Waals surface area contributed by atoms with Crippen molar-refractivity contribution in [3.05, 3.63) is 47.2 Å². The Morgan fingerprint density at radius 2 is 1.82 bits per heavy atom. The molecule has 0 bridgehead atoms. The minimum absolute atomic E-state index is 0.00153. The van der Waals surface area contributed by atoms with E-state index in [1.54, 1.807) is 24.4 Å². The predicted molar refractivity (Wildman–Crippen MR) is 138 cm³/mol. The monoisotopic (exact) mass is 576 g/mol. The predicted octanol–water partition coefficient (Wildman–Crippen LogP) is 3.92. The molecule has 12 heteroatoms. The Bertz CT molecular complexity index is 1490. The van der Waals surface area contributed by atoms with Crippen LogP contribution in [0.5, 0.6) is 0 Å². The summed E-state index contributed by atoms with van der Waals surface area (Å²) in [6.45, 7) is 0.898. The molecule has 3 fully saturated rings. The molecule has 206 valence electrons. The Morgan fingerprint density at radius 1 is 1.13 bits per heavy atom. The number of rotatable bonds is 6. The number of hydrogen-bond donors (Lipinski definition) is 1. The van der Waals surface area contributed by atoms with E-state index in [1.165, 1.54) is 6.07 Å². The number of carbonyl (C=O) groups is 2. The third-order valence-electron chi connectivity index (χ3n) is 7.89. The highest BCUT2D eigenvalue weighted by atomic mass is 35.5. The van der Waals surface area contributed by atoms with Crippen LogP contribution in [0.4, 0.5) is 8.78 Å². The molecule has 3 atom stereocenters. The second-order valence-corrected chi connectivity index (χ2v) is 13.3. The average molecular weight is 577 g/mol. The third kappa shape index (κ3) is 5.37. The van der Waals surface area contributed by atoms with E-state index in [9.17, 15) is 32.0 Å². The number of nitrogens with zero attached hydrogens (tertiary/aromatic N) is 3. The molecule has 1 N–H and O–H groups in total. The van der Waals surface area contributed by atoms with Crippen LogP contribution in [-0.2, 0) is 19.4 Å². The number of sulfone groups is 1. The molecule has 1 saturated heterocycles. The Hall–Kier alpha value is -3.10. The fraction of sp³-hybridized carbons (Fsp3) is 0.481. The summed E-state index contributed by atoms with van der Waals surface area (Å²) in [5.74, 6) is -6.48. The van der Waals surface area contributed by atoms with E-state index in [2.05, 4.69) is 10.3 Å². The van der Waals surface area contributed by atoms with Crippen LogP contribution in [0, 0.1) is 30.1 Å². The van der Waals surface area contributed by atoms with Gasteiger partial charge in [0.15, 0.2) is 9.84 Å². The minimum atomic E-state index is -4.10. The van der Waals surface area contributed by atoms with Gasteiger partial charge in [0.05, 0.1) is 39.6 Å². The maximum Gasteiger partial charge on any atom is 0.267 e. The van der Waals surface area contributed by atoms with Gasteiger partial charge in [0.2, 0.25) is 11.8 Å². The van der Waals surface area contributed by atoms with E-state index in [0.29, 0.717) is 18.4 Å². The molecule has 0 unspecified atom stereocenters. The highest BCUT2D eigenvalue weighted by molar-refractivity contribution is 7.92. The van der Waals surface area contributed by atoms with Gasteiger partial charge in [-0.2, -0.15) is 5.26 Å². The molecule has 1 aromatic carbocycles. The largest absolute Gasteiger partial charge is 0.338 e. The second-order valence-electron chi connectivity index (χ2n) is 10.7. The van der Waals surface area contributed by atoms with Gasteiger partial charge in [-0.1, -0.05) is 17.7 Å². The van der Waals surface area contributed by atoms with Crippen LogP contribution in [0.15, 0.2) is 41.4 Å². The summed E-state index contributed by atoms with van der Waals surface area (Å²) >= 11 is 6.46. The first-order chi connectivity index (χ1) is 18.3. The number of pyridine rings is 1. The first kappa shape index (κ1) is 27.5. The van der Waals surface area contributed by atoms with Gasteiger partial charge in [-0.3, -0.25) is 14.6 Å². The van der Waals surface area contributed by atoms with Crippen LogP contribution >= 0.6 is 11.6 Å². The highest BCUT2D eigenvalue weighted by Gasteiger charge is 2.53. The van der Waals surface area contributed by atoms with Gasteiger partial charge in [-0.05, 0) is 68.0 Å². The van der Waals surface area contributed by atoms with E-state index >= 15 is 0 Å². The van der Waals surface area contributed by atoms with Crippen molar-refractivity contribution in [2.75, 3.05) is 13.1 Å². The smallest absolute Gasteiger partial charge is 0.267 e. The van der Waals surface area contributed by atoms with E-state index in [-0.39, 0.29) is 29.3 Å². The normalized spacial score (nSPS) is 25.2. The zero-order valence-corrected chi connectivity index (χ0v) is 22.7. The molecule has 2 aliphatic carbocycles. The van der Waals surface area contributed by atoms with Crippen molar-refractivity contribution >= 4 is 33.3 Å². The van der Waals surface area contributed by atoms with Gasteiger partial charge in [0.1, 0.15) is 5.54 Å². The first-order valence-electron chi connectivity index (χ1n) is 12.7. The van der Waals surface area contributed by atoms with Crippen LogP contribution < -0.4 is 5.32 Å². The number of nitriles is 1. The van der Waals surface area contributed by atoms with Crippen LogP contribution in [0.25, 0.3) is 11.1 Å². The van der Waals surface area contributed by atoms with Gasteiger partial charge in [-0.15, -0.1) is 0 Å². The molecule has 1 aromatic heterocycles. The van der Waals surface area contributed by atoms with Crippen molar-refractivity contribution in [3.63, 3.8) is 0 Å². The molecular weight excluding hydrogens is 550 g/mol. The summed E-state index contributed by atoms with van der Waals surface area (Å²) in [5.41, 5.74) is 1.27. The summed E-state index contributed by atoms with van der Waals surface area (Å²) < 4.78 is 55.2. The molecule has 5 rings (SSSR count). The molecule has 2 aromatic rings. The maximum absolute atomic E-state index is 13.9. The van der Waals surface area contributed by atoms with Gasteiger partial charge in [-0.25, -0.2) is 17.2 Å². The van der Waals surface area contributed by atoms with Gasteiger partial charge in [0, 0.05) is 24.9 Å². The summed E-state index contributed by atoms with van der Waals surface area (Å²) in [6.07, 6.45) is 1.68. The van der Waals surface area contributed by atoms with Crippen molar-refractivity contribution in [1.82, 2.24) is 15.2 Å². The van der Waals surface area contributed by atoms with Gasteiger partial charge >= 0.3 is 0 Å². The highest BCUT2D eigenvalue weighted by Crippen LogP contribution is 2.44. The lowest BCUT2D eigenvalue weighted by Crippen LogP contribution is -2.45. The van der Waals surface area contributed by atoms with E-state index < -0.39 is 63.2 Å². The summed E-state index contributed by atoms with van der Waals surface area (Å²) in [5, 5.41) is 10.9. The molecule has 2 amide bonds. The Balaban J connectivity index is 1.42. The molecule has 3 aliphatic rings. The average Bonchev–Trinajstić information content (AvgIpc) is 3.33. The number of aromatic nitrogens is 1. The van der Waals surface area contributed by atoms with E-state index in [1.807, 2.05) is 19.1 Å². The number of aryl methyl sites for hydroxylation is 1. The van der Waals surface area contributed by atoms with Crippen LogP contribution in [0.3, 0.4) is 0 Å². The molecule has 2 heterocycles. The molecule has 0 spiro atoms. The van der Waals surface area contributed by atoms with E-state index in [4.69, 9.17) is 11.6 Å². The van der Waals surface area contributed by atoms with Crippen molar-refractivity contribution in [1.29, 1.82) is 5.26 Å².